The van der Waals surface area contributed by atoms with Crippen LogP contribution in [-0.2, 0) is 0 Å². The van der Waals surface area contributed by atoms with Gasteiger partial charge in [-0.25, -0.2) is 0 Å². The van der Waals surface area contributed by atoms with Crippen LogP contribution in [0.5, 0.6) is 0 Å². The van der Waals surface area contributed by atoms with Gasteiger partial charge in [-0.2, -0.15) is 0 Å². The molecule has 0 aromatic rings. The summed E-state index contributed by atoms with van der Waals surface area (Å²) in [5.41, 5.74) is 0. The Hall–Kier alpha value is -0.0800. The zero-order chi connectivity index (χ0) is 11.8. The molecule has 1 saturated carbocycles. The van der Waals surface area contributed by atoms with Crippen LogP contribution in [0.15, 0.2) is 0 Å². The first-order valence-electron chi connectivity index (χ1n) is 7.07. The highest BCUT2D eigenvalue weighted by Crippen LogP contribution is 2.29. The van der Waals surface area contributed by atoms with Gasteiger partial charge in [0, 0.05) is 0 Å². The summed E-state index contributed by atoms with van der Waals surface area (Å²) in [6.07, 6.45) is 8.53. The zero-order valence-electron chi connectivity index (χ0n) is 11.5. The fraction of sp³-hybridized carbons (Fsp3) is 1.00. The van der Waals surface area contributed by atoms with E-state index in [1.54, 1.807) is 0 Å². The normalized spacial score (nSPS) is 26.2. The SMILES string of the molecule is CCC1CCC(CNCCCN(C)C)CC1. The molecule has 0 atom stereocenters. The van der Waals surface area contributed by atoms with Crippen molar-refractivity contribution < 1.29 is 0 Å². The molecule has 16 heavy (non-hydrogen) atoms. The Morgan fingerprint density at radius 3 is 2.25 bits per heavy atom. The summed E-state index contributed by atoms with van der Waals surface area (Å²) in [6.45, 7) is 5.98. The van der Waals surface area contributed by atoms with Gasteiger partial charge in [-0.05, 0) is 64.8 Å². The average Bonchev–Trinajstić information content (AvgIpc) is 2.29. The monoisotopic (exact) mass is 226 g/mol. The summed E-state index contributed by atoms with van der Waals surface area (Å²) < 4.78 is 0. The van der Waals surface area contributed by atoms with E-state index in [0.717, 1.165) is 11.8 Å². The highest BCUT2D eigenvalue weighted by Gasteiger charge is 2.19. The third-order valence-electron chi connectivity index (χ3n) is 3.94. The fourth-order valence-electron chi connectivity index (χ4n) is 2.67. The number of hydrogen-bond donors (Lipinski definition) is 1. The largest absolute Gasteiger partial charge is 0.316 e. The second-order valence-electron chi connectivity index (χ2n) is 5.66. The van der Waals surface area contributed by atoms with E-state index in [4.69, 9.17) is 0 Å². The Morgan fingerprint density at radius 2 is 1.69 bits per heavy atom. The van der Waals surface area contributed by atoms with Crippen molar-refractivity contribution >= 4 is 0 Å². The first-order chi connectivity index (χ1) is 7.72. The minimum Gasteiger partial charge on any atom is -0.316 e. The molecule has 1 rings (SSSR count). The van der Waals surface area contributed by atoms with E-state index in [1.807, 2.05) is 0 Å². The lowest BCUT2D eigenvalue weighted by Gasteiger charge is -2.28. The molecule has 0 aliphatic heterocycles. The van der Waals surface area contributed by atoms with Gasteiger partial charge in [0.2, 0.25) is 0 Å². The lowest BCUT2D eigenvalue weighted by molar-refractivity contribution is 0.261. The van der Waals surface area contributed by atoms with E-state index in [1.165, 1.54) is 58.2 Å². The Kier molecular flexibility index (Phi) is 7.06. The van der Waals surface area contributed by atoms with Crippen molar-refractivity contribution in [1.82, 2.24) is 10.2 Å². The molecule has 2 nitrogen and oxygen atoms in total. The molecule has 1 aliphatic carbocycles. The molecular formula is C14H30N2. The van der Waals surface area contributed by atoms with Crippen molar-refractivity contribution in [3.63, 3.8) is 0 Å². The smallest absolute Gasteiger partial charge is 0.00127 e. The van der Waals surface area contributed by atoms with Crippen LogP contribution < -0.4 is 5.32 Å². The van der Waals surface area contributed by atoms with Gasteiger partial charge in [0.1, 0.15) is 0 Å². The predicted molar refractivity (Wildman–Crippen MR) is 71.8 cm³/mol. The molecule has 1 N–H and O–H groups in total. The first-order valence-corrected chi connectivity index (χ1v) is 7.07. The maximum atomic E-state index is 3.62. The van der Waals surface area contributed by atoms with Gasteiger partial charge >= 0.3 is 0 Å². The van der Waals surface area contributed by atoms with Crippen molar-refractivity contribution in [3.05, 3.63) is 0 Å². The van der Waals surface area contributed by atoms with E-state index in [0.29, 0.717) is 0 Å². The summed E-state index contributed by atoms with van der Waals surface area (Å²) in [5, 5.41) is 3.62. The van der Waals surface area contributed by atoms with E-state index >= 15 is 0 Å². The lowest BCUT2D eigenvalue weighted by Crippen LogP contribution is -2.28. The molecular weight excluding hydrogens is 196 g/mol. The third kappa shape index (κ3) is 5.86. The standard InChI is InChI=1S/C14H30N2/c1-4-13-6-8-14(9-7-13)12-15-10-5-11-16(2)3/h13-15H,4-12H2,1-3H3. The molecule has 0 amide bonds. The number of rotatable bonds is 7. The molecule has 1 aliphatic rings. The first kappa shape index (κ1) is 14.0. The predicted octanol–water partition coefficient (Wildman–Crippen LogP) is 2.74. The van der Waals surface area contributed by atoms with Crippen LogP contribution in [0.1, 0.15) is 45.4 Å². The van der Waals surface area contributed by atoms with Crippen LogP contribution in [0.25, 0.3) is 0 Å². The van der Waals surface area contributed by atoms with Crippen molar-refractivity contribution in [2.24, 2.45) is 11.8 Å². The lowest BCUT2D eigenvalue weighted by atomic mass is 9.81. The second kappa shape index (κ2) is 8.08. The van der Waals surface area contributed by atoms with Gasteiger partial charge in [0.15, 0.2) is 0 Å². The van der Waals surface area contributed by atoms with Gasteiger partial charge in [-0.1, -0.05) is 26.2 Å². The number of nitrogens with one attached hydrogen (secondary N) is 1. The van der Waals surface area contributed by atoms with Crippen LogP contribution in [0, 0.1) is 11.8 Å². The maximum absolute atomic E-state index is 3.62. The van der Waals surface area contributed by atoms with Gasteiger partial charge in [-0.15, -0.1) is 0 Å². The highest BCUT2D eigenvalue weighted by molar-refractivity contribution is 4.73. The Bertz CT molecular complexity index is 160. The van der Waals surface area contributed by atoms with Gasteiger partial charge in [0.25, 0.3) is 0 Å². The molecule has 0 saturated heterocycles. The molecule has 0 radical (unpaired) electrons. The minimum absolute atomic E-state index is 0.960. The third-order valence-corrected chi connectivity index (χ3v) is 3.94. The van der Waals surface area contributed by atoms with E-state index in [-0.39, 0.29) is 0 Å². The highest BCUT2D eigenvalue weighted by atomic mass is 15.1. The Balaban J connectivity index is 1.94. The van der Waals surface area contributed by atoms with Gasteiger partial charge in [0.05, 0.1) is 0 Å². The van der Waals surface area contributed by atoms with Crippen LogP contribution >= 0.6 is 0 Å². The topological polar surface area (TPSA) is 15.3 Å². The summed E-state index contributed by atoms with van der Waals surface area (Å²) in [6, 6.07) is 0. The molecule has 0 spiro atoms. The fourth-order valence-corrected chi connectivity index (χ4v) is 2.67. The summed E-state index contributed by atoms with van der Waals surface area (Å²) in [4.78, 5) is 2.26. The molecule has 0 bridgehead atoms. The number of nitrogens with zero attached hydrogens (tertiary/aromatic N) is 1. The summed E-state index contributed by atoms with van der Waals surface area (Å²) in [7, 11) is 4.29. The van der Waals surface area contributed by atoms with Crippen LogP contribution in [0.3, 0.4) is 0 Å². The minimum atomic E-state index is 0.960. The zero-order valence-corrected chi connectivity index (χ0v) is 11.5. The Labute approximate surface area is 102 Å². The van der Waals surface area contributed by atoms with E-state index in [2.05, 4.69) is 31.2 Å². The maximum Gasteiger partial charge on any atom is -0.00127 e. The van der Waals surface area contributed by atoms with Gasteiger partial charge < -0.3 is 10.2 Å². The van der Waals surface area contributed by atoms with Crippen LogP contribution in [-0.4, -0.2) is 38.6 Å². The van der Waals surface area contributed by atoms with E-state index in [9.17, 15) is 0 Å². The molecule has 2 heteroatoms. The van der Waals surface area contributed by atoms with Crippen LogP contribution in [0.4, 0.5) is 0 Å². The van der Waals surface area contributed by atoms with Crippen molar-refractivity contribution in [1.29, 1.82) is 0 Å². The van der Waals surface area contributed by atoms with Crippen molar-refractivity contribution in [3.8, 4) is 0 Å². The molecule has 0 aromatic carbocycles. The molecule has 0 aromatic heterocycles. The van der Waals surface area contributed by atoms with Crippen molar-refractivity contribution in [2.45, 2.75) is 45.4 Å². The number of hydrogen-bond acceptors (Lipinski definition) is 2. The van der Waals surface area contributed by atoms with Gasteiger partial charge in [-0.3, -0.25) is 0 Å². The van der Waals surface area contributed by atoms with Crippen LogP contribution in [0.2, 0.25) is 0 Å². The summed E-state index contributed by atoms with van der Waals surface area (Å²) in [5.74, 6) is 1.99. The second-order valence-corrected chi connectivity index (χ2v) is 5.66. The van der Waals surface area contributed by atoms with Crippen molar-refractivity contribution in [2.75, 3.05) is 33.7 Å². The average molecular weight is 226 g/mol. The molecule has 0 unspecified atom stereocenters. The summed E-state index contributed by atoms with van der Waals surface area (Å²) >= 11 is 0. The Morgan fingerprint density at radius 1 is 1.06 bits per heavy atom. The molecule has 0 heterocycles. The van der Waals surface area contributed by atoms with E-state index < -0.39 is 0 Å². The quantitative estimate of drug-likeness (QED) is 0.672. The molecule has 96 valence electrons. The molecule has 1 fully saturated rings.